The Morgan fingerprint density at radius 1 is 1.31 bits per heavy atom. The second kappa shape index (κ2) is 6.18. The van der Waals surface area contributed by atoms with Crippen molar-refractivity contribution in [3.8, 4) is 0 Å². The average Bonchev–Trinajstić information content (AvgIpc) is 2.28. The standard InChI is InChI=1S/C11H23N3O2/c1-9(2)10(12)11(16)14-5-3-13(4-6-14)7-8-15/h9-10,15H,3-8,12H2,1-2H3/t10-/m1/s1. The van der Waals surface area contributed by atoms with Gasteiger partial charge in [-0.3, -0.25) is 9.69 Å². The van der Waals surface area contributed by atoms with E-state index >= 15 is 0 Å². The summed E-state index contributed by atoms with van der Waals surface area (Å²) in [6.07, 6.45) is 0. The van der Waals surface area contributed by atoms with Gasteiger partial charge in [0.15, 0.2) is 0 Å². The second-order valence-corrected chi connectivity index (χ2v) is 4.66. The van der Waals surface area contributed by atoms with Crippen molar-refractivity contribution in [1.29, 1.82) is 0 Å². The molecule has 94 valence electrons. The third-order valence-electron chi connectivity index (χ3n) is 3.10. The number of aliphatic hydroxyl groups is 1. The van der Waals surface area contributed by atoms with Crippen LogP contribution >= 0.6 is 0 Å². The van der Waals surface area contributed by atoms with Gasteiger partial charge in [-0.1, -0.05) is 13.8 Å². The maximum Gasteiger partial charge on any atom is 0.239 e. The number of carbonyl (C=O) groups is 1. The number of hydrogen-bond acceptors (Lipinski definition) is 4. The number of piperazine rings is 1. The van der Waals surface area contributed by atoms with Crippen molar-refractivity contribution >= 4 is 5.91 Å². The fourth-order valence-electron chi connectivity index (χ4n) is 1.83. The van der Waals surface area contributed by atoms with Crippen LogP contribution in [0.3, 0.4) is 0 Å². The van der Waals surface area contributed by atoms with Gasteiger partial charge in [-0.15, -0.1) is 0 Å². The van der Waals surface area contributed by atoms with Crippen LogP contribution in [0.5, 0.6) is 0 Å². The van der Waals surface area contributed by atoms with Crippen molar-refractivity contribution in [2.45, 2.75) is 19.9 Å². The minimum absolute atomic E-state index is 0.0543. The van der Waals surface area contributed by atoms with Crippen LogP contribution in [-0.2, 0) is 4.79 Å². The smallest absolute Gasteiger partial charge is 0.239 e. The predicted molar refractivity (Wildman–Crippen MR) is 62.9 cm³/mol. The summed E-state index contributed by atoms with van der Waals surface area (Å²) in [4.78, 5) is 15.9. The minimum Gasteiger partial charge on any atom is -0.395 e. The first-order valence-corrected chi connectivity index (χ1v) is 5.94. The van der Waals surface area contributed by atoms with Crippen LogP contribution in [0, 0.1) is 5.92 Å². The summed E-state index contributed by atoms with van der Waals surface area (Å²) in [5, 5.41) is 8.81. The van der Waals surface area contributed by atoms with Gasteiger partial charge in [0.2, 0.25) is 5.91 Å². The molecule has 0 spiro atoms. The van der Waals surface area contributed by atoms with Gasteiger partial charge < -0.3 is 15.7 Å². The SMILES string of the molecule is CC(C)[C@@H](N)C(=O)N1CCN(CCO)CC1. The Balaban J connectivity index is 2.38. The number of amides is 1. The molecule has 0 aromatic carbocycles. The topological polar surface area (TPSA) is 69.8 Å². The molecule has 0 aliphatic carbocycles. The molecule has 5 heteroatoms. The lowest BCUT2D eigenvalue weighted by molar-refractivity contribution is -0.135. The van der Waals surface area contributed by atoms with Crippen molar-refractivity contribution in [3.63, 3.8) is 0 Å². The minimum atomic E-state index is -0.385. The van der Waals surface area contributed by atoms with E-state index in [1.807, 2.05) is 18.7 Å². The fourth-order valence-corrected chi connectivity index (χ4v) is 1.83. The Labute approximate surface area is 97.2 Å². The third kappa shape index (κ3) is 3.43. The first-order chi connectivity index (χ1) is 7.56. The number of nitrogens with zero attached hydrogens (tertiary/aromatic N) is 2. The zero-order chi connectivity index (χ0) is 12.1. The van der Waals surface area contributed by atoms with Crippen LogP contribution in [0.25, 0.3) is 0 Å². The van der Waals surface area contributed by atoms with Gasteiger partial charge in [-0.05, 0) is 5.92 Å². The molecule has 1 atom stereocenters. The van der Waals surface area contributed by atoms with Crippen LogP contribution in [0.15, 0.2) is 0 Å². The summed E-state index contributed by atoms with van der Waals surface area (Å²) >= 11 is 0. The quantitative estimate of drug-likeness (QED) is 0.656. The molecule has 1 aliphatic rings. The molecule has 1 aliphatic heterocycles. The van der Waals surface area contributed by atoms with E-state index in [9.17, 15) is 4.79 Å². The van der Waals surface area contributed by atoms with Gasteiger partial charge in [0, 0.05) is 32.7 Å². The van der Waals surface area contributed by atoms with E-state index < -0.39 is 0 Å². The van der Waals surface area contributed by atoms with E-state index in [4.69, 9.17) is 10.8 Å². The Morgan fingerprint density at radius 3 is 2.31 bits per heavy atom. The molecule has 0 unspecified atom stereocenters. The Bertz CT molecular complexity index is 225. The van der Waals surface area contributed by atoms with E-state index in [0.717, 1.165) is 26.2 Å². The molecule has 0 aromatic rings. The maximum atomic E-state index is 11.9. The summed E-state index contributed by atoms with van der Waals surface area (Å²) < 4.78 is 0. The van der Waals surface area contributed by atoms with Crippen molar-refractivity contribution in [2.24, 2.45) is 11.7 Å². The molecule has 1 amide bonds. The van der Waals surface area contributed by atoms with Crippen molar-refractivity contribution < 1.29 is 9.90 Å². The highest BCUT2D eigenvalue weighted by molar-refractivity contribution is 5.82. The van der Waals surface area contributed by atoms with Crippen LogP contribution < -0.4 is 5.73 Å². The van der Waals surface area contributed by atoms with Crippen LogP contribution in [0.4, 0.5) is 0 Å². The van der Waals surface area contributed by atoms with E-state index in [0.29, 0.717) is 6.54 Å². The largest absolute Gasteiger partial charge is 0.395 e. The Hall–Kier alpha value is -0.650. The summed E-state index contributed by atoms with van der Waals surface area (Å²) in [5.41, 5.74) is 5.84. The van der Waals surface area contributed by atoms with E-state index in [1.54, 1.807) is 0 Å². The van der Waals surface area contributed by atoms with E-state index in [1.165, 1.54) is 0 Å². The van der Waals surface area contributed by atoms with Crippen molar-refractivity contribution in [2.75, 3.05) is 39.3 Å². The predicted octanol–water partition coefficient (Wildman–Crippen LogP) is -0.894. The highest BCUT2D eigenvalue weighted by atomic mass is 16.3. The summed E-state index contributed by atoms with van der Waals surface area (Å²) in [6.45, 7) is 7.90. The molecule has 1 fully saturated rings. The Kier molecular flexibility index (Phi) is 5.18. The number of β-amino-alcohol motifs (C(OH)–C–C–N with tert-alkyl or cyclic N) is 1. The third-order valence-corrected chi connectivity index (χ3v) is 3.10. The zero-order valence-corrected chi connectivity index (χ0v) is 10.2. The normalized spacial score (nSPS) is 20.2. The molecule has 0 aromatic heterocycles. The number of nitrogens with two attached hydrogens (primary N) is 1. The maximum absolute atomic E-state index is 11.9. The highest BCUT2D eigenvalue weighted by Crippen LogP contribution is 2.07. The summed E-state index contributed by atoms with van der Waals surface area (Å²) in [5.74, 6) is 0.238. The molecule has 1 saturated heterocycles. The summed E-state index contributed by atoms with van der Waals surface area (Å²) in [7, 11) is 0. The van der Waals surface area contributed by atoms with Crippen LogP contribution in [-0.4, -0.2) is 66.2 Å². The van der Waals surface area contributed by atoms with Gasteiger partial charge in [-0.25, -0.2) is 0 Å². The number of aliphatic hydroxyl groups excluding tert-OH is 1. The molecule has 1 rings (SSSR count). The van der Waals surface area contributed by atoms with Gasteiger partial charge >= 0.3 is 0 Å². The molecule has 16 heavy (non-hydrogen) atoms. The second-order valence-electron chi connectivity index (χ2n) is 4.66. The average molecular weight is 229 g/mol. The number of carbonyl (C=O) groups excluding carboxylic acids is 1. The fraction of sp³-hybridized carbons (Fsp3) is 0.909. The molecule has 5 nitrogen and oxygen atoms in total. The van der Waals surface area contributed by atoms with Crippen molar-refractivity contribution in [3.05, 3.63) is 0 Å². The van der Waals surface area contributed by atoms with Crippen molar-refractivity contribution in [1.82, 2.24) is 9.80 Å². The van der Waals surface area contributed by atoms with Crippen LogP contribution in [0.1, 0.15) is 13.8 Å². The van der Waals surface area contributed by atoms with E-state index in [-0.39, 0.29) is 24.5 Å². The molecule has 1 heterocycles. The lowest BCUT2D eigenvalue weighted by Crippen LogP contribution is -2.54. The molecule has 0 radical (unpaired) electrons. The molecule has 0 saturated carbocycles. The molecular weight excluding hydrogens is 206 g/mol. The van der Waals surface area contributed by atoms with Crippen LogP contribution in [0.2, 0.25) is 0 Å². The zero-order valence-electron chi connectivity index (χ0n) is 10.2. The first-order valence-electron chi connectivity index (χ1n) is 5.94. The lowest BCUT2D eigenvalue weighted by Gasteiger charge is -2.36. The number of hydrogen-bond donors (Lipinski definition) is 2. The molecular formula is C11H23N3O2. The number of rotatable bonds is 4. The summed E-state index contributed by atoms with van der Waals surface area (Å²) in [6, 6.07) is -0.385. The van der Waals surface area contributed by atoms with E-state index in [2.05, 4.69) is 4.90 Å². The molecule has 0 bridgehead atoms. The Morgan fingerprint density at radius 2 is 1.88 bits per heavy atom. The highest BCUT2D eigenvalue weighted by Gasteiger charge is 2.26. The van der Waals surface area contributed by atoms with Gasteiger partial charge in [0.05, 0.1) is 12.6 Å². The lowest BCUT2D eigenvalue weighted by atomic mass is 10.0. The van der Waals surface area contributed by atoms with Gasteiger partial charge in [0.25, 0.3) is 0 Å². The molecule has 3 N–H and O–H groups in total. The monoisotopic (exact) mass is 229 g/mol. The first kappa shape index (κ1) is 13.4. The van der Waals surface area contributed by atoms with Gasteiger partial charge in [0.1, 0.15) is 0 Å². The van der Waals surface area contributed by atoms with Gasteiger partial charge in [-0.2, -0.15) is 0 Å².